The lowest BCUT2D eigenvalue weighted by Crippen LogP contribution is -2.28. The van der Waals surface area contributed by atoms with Crippen molar-refractivity contribution in [3.63, 3.8) is 0 Å². The van der Waals surface area contributed by atoms with Crippen LogP contribution in [0.5, 0.6) is 0 Å². The van der Waals surface area contributed by atoms with Gasteiger partial charge < -0.3 is 10.0 Å². The molecule has 0 aliphatic carbocycles. The molecule has 1 saturated heterocycles. The van der Waals surface area contributed by atoms with E-state index in [9.17, 15) is 5.11 Å². The maximum absolute atomic E-state index is 9.92. The van der Waals surface area contributed by atoms with Gasteiger partial charge in [-0.1, -0.05) is 25.3 Å². The number of nitriles is 1. The van der Waals surface area contributed by atoms with Gasteiger partial charge in [-0.25, -0.2) is 0 Å². The molecule has 1 heterocycles. The van der Waals surface area contributed by atoms with Crippen molar-refractivity contribution in [2.75, 3.05) is 18.0 Å². The average Bonchev–Trinajstić information content (AvgIpc) is 2.37. The summed E-state index contributed by atoms with van der Waals surface area (Å²) in [5, 5.41) is 19.0. The summed E-state index contributed by atoms with van der Waals surface area (Å²) in [6, 6.07) is 7.79. The molecule has 0 aromatic heterocycles. The highest BCUT2D eigenvalue weighted by atomic mass is 16.3. The molecule has 1 aliphatic heterocycles. The number of hydrogen-bond acceptors (Lipinski definition) is 3. The molecule has 3 nitrogen and oxygen atoms in total. The highest BCUT2D eigenvalue weighted by Crippen LogP contribution is 2.29. The van der Waals surface area contributed by atoms with Gasteiger partial charge in [0.25, 0.3) is 0 Å². The summed E-state index contributed by atoms with van der Waals surface area (Å²) in [6.07, 6.45) is 5.77. The zero-order chi connectivity index (χ0) is 13.7. The van der Waals surface area contributed by atoms with Gasteiger partial charge in [0.2, 0.25) is 0 Å². The normalized spacial score (nSPS) is 18.3. The second-order valence-corrected chi connectivity index (χ2v) is 5.32. The minimum absolute atomic E-state index is 0.492. The summed E-state index contributed by atoms with van der Waals surface area (Å²) in [6.45, 7) is 3.83. The Bertz CT molecular complexity index is 454. The van der Waals surface area contributed by atoms with E-state index in [1.807, 2.05) is 12.1 Å². The van der Waals surface area contributed by atoms with E-state index in [4.69, 9.17) is 5.26 Å². The summed E-state index contributed by atoms with van der Waals surface area (Å²) in [5.41, 5.74) is 2.64. The van der Waals surface area contributed by atoms with E-state index in [0.29, 0.717) is 5.56 Å². The third-order valence-electron chi connectivity index (χ3n) is 3.81. The Morgan fingerprint density at radius 3 is 2.37 bits per heavy atom. The molecule has 0 unspecified atom stereocenters. The van der Waals surface area contributed by atoms with E-state index in [2.05, 4.69) is 11.0 Å². The van der Waals surface area contributed by atoms with E-state index in [1.54, 1.807) is 13.0 Å². The Morgan fingerprint density at radius 2 is 1.79 bits per heavy atom. The first-order chi connectivity index (χ1) is 9.22. The molecule has 0 spiro atoms. The number of aliphatic hydroxyl groups is 1. The molecular formula is C16H22N2O. The highest BCUT2D eigenvalue weighted by molar-refractivity contribution is 5.58. The fraction of sp³-hybridized carbons (Fsp3) is 0.562. The number of anilines is 1. The lowest BCUT2D eigenvalue weighted by molar-refractivity contribution is 0.199. The van der Waals surface area contributed by atoms with Crippen LogP contribution < -0.4 is 4.90 Å². The minimum Gasteiger partial charge on any atom is -0.389 e. The quantitative estimate of drug-likeness (QED) is 0.884. The summed E-state index contributed by atoms with van der Waals surface area (Å²) in [5.74, 6) is 0. The fourth-order valence-electron chi connectivity index (χ4n) is 2.73. The second-order valence-electron chi connectivity index (χ2n) is 5.32. The first kappa shape index (κ1) is 13.9. The van der Waals surface area contributed by atoms with Gasteiger partial charge >= 0.3 is 0 Å². The largest absolute Gasteiger partial charge is 0.389 e. The minimum atomic E-state index is -0.492. The molecule has 1 aromatic rings. The van der Waals surface area contributed by atoms with Crippen LogP contribution in [-0.2, 0) is 0 Å². The fourth-order valence-corrected chi connectivity index (χ4v) is 2.73. The van der Waals surface area contributed by atoms with Gasteiger partial charge in [-0.2, -0.15) is 5.26 Å². The van der Waals surface area contributed by atoms with E-state index in [0.717, 1.165) is 24.3 Å². The molecule has 1 N–H and O–H groups in total. The molecule has 0 saturated carbocycles. The number of rotatable bonds is 2. The van der Waals surface area contributed by atoms with Crippen molar-refractivity contribution >= 4 is 5.69 Å². The maximum Gasteiger partial charge on any atom is 0.0992 e. The summed E-state index contributed by atoms with van der Waals surface area (Å²) in [4.78, 5) is 2.34. The van der Waals surface area contributed by atoms with Crippen molar-refractivity contribution in [1.82, 2.24) is 0 Å². The maximum atomic E-state index is 9.92. The number of aliphatic hydroxyl groups excluding tert-OH is 1. The molecule has 1 atom stereocenters. The number of hydrogen-bond donors (Lipinski definition) is 1. The Balaban J connectivity index is 2.31. The predicted octanol–water partition coefficient (Wildman–Crippen LogP) is 3.38. The topological polar surface area (TPSA) is 47.3 Å². The van der Waals surface area contributed by atoms with E-state index in [-0.39, 0.29) is 0 Å². The lowest BCUT2D eigenvalue weighted by atomic mass is 10.0. The molecule has 102 valence electrons. The second kappa shape index (κ2) is 6.58. The van der Waals surface area contributed by atoms with Crippen LogP contribution in [0.4, 0.5) is 5.69 Å². The molecule has 0 radical (unpaired) electrons. The lowest BCUT2D eigenvalue weighted by Gasteiger charge is -2.29. The summed E-state index contributed by atoms with van der Waals surface area (Å²) in [7, 11) is 0. The molecule has 1 aliphatic rings. The molecule has 2 rings (SSSR count). The van der Waals surface area contributed by atoms with Crippen molar-refractivity contribution in [2.24, 2.45) is 0 Å². The first-order valence-corrected chi connectivity index (χ1v) is 7.19. The standard InChI is InChI=1S/C16H22N2O/c1-13(19)15-8-7-14(12-17)11-16(15)18-9-5-3-2-4-6-10-18/h7-8,11,13,19H,2-6,9-10H2,1H3/t13-/m0/s1. The molecule has 0 amide bonds. The highest BCUT2D eigenvalue weighted by Gasteiger charge is 2.16. The molecule has 1 fully saturated rings. The molecule has 19 heavy (non-hydrogen) atoms. The van der Waals surface area contributed by atoms with Crippen molar-refractivity contribution in [2.45, 2.75) is 45.1 Å². The van der Waals surface area contributed by atoms with Crippen molar-refractivity contribution in [3.8, 4) is 6.07 Å². The van der Waals surface area contributed by atoms with Crippen LogP contribution in [-0.4, -0.2) is 18.2 Å². The van der Waals surface area contributed by atoms with Gasteiger partial charge in [-0.15, -0.1) is 0 Å². The van der Waals surface area contributed by atoms with E-state index < -0.39 is 6.10 Å². The zero-order valence-electron chi connectivity index (χ0n) is 11.6. The molecule has 1 aromatic carbocycles. The van der Waals surface area contributed by atoms with Crippen LogP contribution >= 0.6 is 0 Å². The Kier molecular flexibility index (Phi) is 4.81. The van der Waals surface area contributed by atoms with Crippen LogP contribution in [0, 0.1) is 11.3 Å². The first-order valence-electron chi connectivity index (χ1n) is 7.19. The van der Waals surface area contributed by atoms with Gasteiger partial charge in [0, 0.05) is 24.3 Å². The third-order valence-corrected chi connectivity index (χ3v) is 3.81. The van der Waals surface area contributed by atoms with Crippen molar-refractivity contribution in [1.29, 1.82) is 5.26 Å². The Hall–Kier alpha value is -1.53. The van der Waals surface area contributed by atoms with Crippen LogP contribution in [0.3, 0.4) is 0 Å². The number of nitrogens with zero attached hydrogens (tertiary/aromatic N) is 2. The van der Waals surface area contributed by atoms with Gasteiger partial charge in [0.15, 0.2) is 0 Å². The monoisotopic (exact) mass is 258 g/mol. The van der Waals surface area contributed by atoms with Crippen LogP contribution in [0.15, 0.2) is 18.2 Å². The average molecular weight is 258 g/mol. The molecular weight excluding hydrogens is 236 g/mol. The summed E-state index contributed by atoms with van der Waals surface area (Å²) >= 11 is 0. The predicted molar refractivity (Wildman–Crippen MR) is 77.1 cm³/mol. The van der Waals surface area contributed by atoms with E-state index in [1.165, 1.54) is 32.1 Å². The molecule has 0 bridgehead atoms. The molecule has 3 heteroatoms. The smallest absolute Gasteiger partial charge is 0.0992 e. The number of benzene rings is 1. The van der Waals surface area contributed by atoms with Gasteiger partial charge in [0.1, 0.15) is 0 Å². The van der Waals surface area contributed by atoms with Gasteiger partial charge in [-0.05, 0) is 31.9 Å². The van der Waals surface area contributed by atoms with Crippen LogP contribution in [0.2, 0.25) is 0 Å². The van der Waals surface area contributed by atoms with E-state index >= 15 is 0 Å². The van der Waals surface area contributed by atoms with Crippen molar-refractivity contribution < 1.29 is 5.11 Å². The third kappa shape index (κ3) is 3.48. The summed E-state index contributed by atoms with van der Waals surface area (Å²) < 4.78 is 0. The zero-order valence-corrected chi connectivity index (χ0v) is 11.6. The Labute approximate surface area is 115 Å². The van der Waals surface area contributed by atoms with Gasteiger partial charge in [0.05, 0.1) is 17.7 Å². The van der Waals surface area contributed by atoms with Crippen LogP contribution in [0.1, 0.15) is 56.3 Å². The SMILES string of the molecule is C[C@H](O)c1ccc(C#N)cc1N1CCCCCCC1. The van der Waals surface area contributed by atoms with Gasteiger partial charge in [-0.3, -0.25) is 0 Å². The Morgan fingerprint density at radius 1 is 1.16 bits per heavy atom. The van der Waals surface area contributed by atoms with Crippen LogP contribution in [0.25, 0.3) is 0 Å². The van der Waals surface area contributed by atoms with Crippen molar-refractivity contribution in [3.05, 3.63) is 29.3 Å².